The van der Waals surface area contributed by atoms with Gasteiger partial charge in [0.2, 0.25) is 0 Å². The molecule has 1 amide bonds. The van der Waals surface area contributed by atoms with E-state index in [1.807, 2.05) is 49.1 Å². The third-order valence-electron chi connectivity index (χ3n) is 5.20. The van der Waals surface area contributed by atoms with Crippen LogP contribution in [0.3, 0.4) is 0 Å². The molecular weight excluding hydrogens is 402 g/mol. The monoisotopic (exact) mass is 425 g/mol. The number of aromatic nitrogens is 2. The van der Waals surface area contributed by atoms with Crippen LogP contribution in [0.2, 0.25) is 5.02 Å². The van der Waals surface area contributed by atoms with E-state index in [1.54, 1.807) is 18.2 Å². The van der Waals surface area contributed by atoms with Crippen LogP contribution in [0.25, 0.3) is 11.3 Å². The number of fused-ring (bicyclic) bond motifs is 1. The summed E-state index contributed by atoms with van der Waals surface area (Å²) in [7, 11) is 0. The molecule has 4 rings (SSSR count). The van der Waals surface area contributed by atoms with Crippen LogP contribution >= 0.6 is 11.6 Å². The van der Waals surface area contributed by atoms with Gasteiger partial charge in [-0.2, -0.15) is 5.10 Å². The van der Waals surface area contributed by atoms with Gasteiger partial charge < -0.3 is 14.7 Å². The molecular formula is C23H24ClN3O3. The highest BCUT2D eigenvalue weighted by molar-refractivity contribution is 6.30. The maximum Gasteiger partial charge on any atom is 0.273 e. The number of phenols is 1. The normalized spacial score (nSPS) is 15.8. The number of H-pyrrole nitrogens is 1. The fraction of sp³-hybridized carbons (Fsp3) is 0.304. The van der Waals surface area contributed by atoms with E-state index in [0.717, 1.165) is 17.5 Å². The van der Waals surface area contributed by atoms with Gasteiger partial charge in [0.25, 0.3) is 5.91 Å². The largest absolute Gasteiger partial charge is 0.507 e. The van der Waals surface area contributed by atoms with Gasteiger partial charge in [-0.15, -0.1) is 0 Å². The second-order valence-corrected chi connectivity index (χ2v) is 8.04. The molecule has 1 aromatic heterocycles. The summed E-state index contributed by atoms with van der Waals surface area (Å²) in [6.07, 6.45) is 0.869. The van der Waals surface area contributed by atoms with Crippen molar-refractivity contribution in [1.29, 1.82) is 0 Å². The number of para-hydroxylation sites is 1. The van der Waals surface area contributed by atoms with E-state index in [9.17, 15) is 9.90 Å². The molecule has 6 nitrogen and oxygen atoms in total. The molecule has 156 valence electrons. The van der Waals surface area contributed by atoms with Gasteiger partial charge in [-0.05, 0) is 50.1 Å². The summed E-state index contributed by atoms with van der Waals surface area (Å²) in [5.41, 5.74) is 3.34. The Morgan fingerprint density at radius 3 is 2.63 bits per heavy atom. The molecule has 0 unspecified atom stereocenters. The summed E-state index contributed by atoms with van der Waals surface area (Å²) in [5, 5.41) is 18.3. The fourth-order valence-corrected chi connectivity index (χ4v) is 3.98. The molecule has 2 aromatic carbocycles. The molecule has 1 aliphatic heterocycles. The highest BCUT2D eigenvalue weighted by atomic mass is 35.5. The Bertz CT molecular complexity index is 1050. The van der Waals surface area contributed by atoms with Crippen LogP contribution in [0, 0.1) is 0 Å². The van der Waals surface area contributed by atoms with Gasteiger partial charge in [0, 0.05) is 29.3 Å². The molecule has 1 aliphatic rings. The van der Waals surface area contributed by atoms with E-state index in [-0.39, 0.29) is 23.8 Å². The first-order valence-electron chi connectivity index (χ1n) is 10.0. The van der Waals surface area contributed by atoms with Crippen LogP contribution < -0.4 is 0 Å². The Hall–Kier alpha value is -2.83. The molecule has 7 heteroatoms. The van der Waals surface area contributed by atoms with Crippen LogP contribution in [0.15, 0.2) is 48.5 Å². The molecule has 3 aromatic rings. The summed E-state index contributed by atoms with van der Waals surface area (Å²) in [6, 6.07) is 14.2. The van der Waals surface area contributed by atoms with E-state index in [2.05, 4.69) is 10.2 Å². The molecule has 0 saturated heterocycles. The molecule has 1 atom stereocenters. The van der Waals surface area contributed by atoms with Crippen molar-refractivity contribution in [3.8, 4) is 17.0 Å². The van der Waals surface area contributed by atoms with E-state index >= 15 is 0 Å². The van der Waals surface area contributed by atoms with Crippen molar-refractivity contribution in [3.05, 3.63) is 70.4 Å². The van der Waals surface area contributed by atoms with Gasteiger partial charge >= 0.3 is 0 Å². The molecule has 0 saturated carbocycles. The molecule has 30 heavy (non-hydrogen) atoms. The zero-order valence-electron chi connectivity index (χ0n) is 16.9. The standard InChI is InChI=1S/C23H24ClN3O3/c1-14(2)30-13-5-12-27-22(15-8-10-16(24)11-9-15)19-20(25-26-21(19)23(27)29)17-6-3-4-7-18(17)28/h3-4,6-11,14,22,28H,5,12-13H2,1-2H3,(H,25,26)/t22-/m1/s1. The maximum atomic E-state index is 13.2. The number of aromatic amines is 1. The lowest BCUT2D eigenvalue weighted by atomic mass is 9.95. The highest BCUT2D eigenvalue weighted by Crippen LogP contribution is 2.44. The number of amides is 1. The van der Waals surface area contributed by atoms with Crippen molar-refractivity contribution in [2.75, 3.05) is 13.2 Å². The first-order chi connectivity index (χ1) is 14.5. The first-order valence-corrected chi connectivity index (χ1v) is 10.4. The number of carbonyl (C=O) groups is 1. The van der Waals surface area contributed by atoms with Crippen LogP contribution in [0.4, 0.5) is 0 Å². The third kappa shape index (κ3) is 3.80. The van der Waals surface area contributed by atoms with Gasteiger partial charge in [-0.3, -0.25) is 9.89 Å². The SMILES string of the molecule is CC(C)OCCCN1C(=O)c2[nH]nc(-c3ccccc3O)c2[C@H]1c1ccc(Cl)cc1. The summed E-state index contributed by atoms with van der Waals surface area (Å²) in [4.78, 5) is 15.1. The average molecular weight is 426 g/mol. The number of nitrogens with one attached hydrogen (secondary N) is 1. The van der Waals surface area contributed by atoms with Crippen molar-refractivity contribution in [2.45, 2.75) is 32.4 Å². The van der Waals surface area contributed by atoms with Crippen molar-refractivity contribution >= 4 is 17.5 Å². The zero-order valence-corrected chi connectivity index (χ0v) is 17.7. The minimum absolute atomic E-state index is 0.108. The number of hydrogen-bond acceptors (Lipinski definition) is 4. The van der Waals surface area contributed by atoms with Crippen molar-refractivity contribution in [3.63, 3.8) is 0 Å². The molecule has 2 heterocycles. The number of benzene rings is 2. The van der Waals surface area contributed by atoms with Gasteiger partial charge in [0.05, 0.1) is 12.1 Å². The predicted molar refractivity (Wildman–Crippen MR) is 116 cm³/mol. The van der Waals surface area contributed by atoms with Crippen LogP contribution in [0.1, 0.15) is 47.9 Å². The third-order valence-corrected chi connectivity index (χ3v) is 5.46. The maximum absolute atomic E-state index is 13.2. The van der Waals surface area contributed by atoms with Crippen LogP contribution in [-0.2, 0) is 4.74 Å². The highest BCUT2D eigenvalue weighted by Gasteiger charge is 2.42. The lowest BCUT2D eigenvalue weighted by Gasteiger charge is -2.26. The van der Waals surface area contributed by atoms with Gasteiger partial charge in [-0.25, -0.2) is 0 Å². The molecule has 0 bridgehead atoms. The number of carbonyl (C=O) groups excluding carboxylic acids is 1. The second kappa shape index (κ2) is 8.50. The summed E-state index contributed by atoms with van der Waals surface area (Å²) < 4.78 is 5.65. The summed E-state index contributed by atoms with van der Waals surface area (Å²) in [5.74, 6) is 0.0153. The molecule has 0 fully saturated rings. The van der Waals surface area contributed by atoms with Crippen LogP contribution in [0.5, 0.6) is 5.75 Å². The van der Waals surface area contributed by atoms with Gasteiger partial charge in [0.1, 0.15) is 17.1 Å². The lowest BCUT2D eigenvalue weighted by Crippen LogP contribution is -2.31. The Balaban J connectivity index is 1.74. The minimum atomic E-state index is -0.322. The summed E-state index contributed by atoms with van der Waals surface area (Å²) >= 11 is 6.09. The molecule has 2 N–H and O–H groups in total. The Morgan fingerprint density at radius 2 is 1.93 bits per heavy atom. The average Bonchev–Trinajstić information content (AvgIpc) is 3.26. The summed E-state index contributed by atoms with van der Waals surface area (Å²) in [6.45, 7) is 5.11. The number of hydrogen-bond donors (Lipinski definition) is 2. The van der Waals surface area contributed by atoms with Crippen molar-refractivity contribution in [1.82, 2.24) is 15.1 Å². The fourth-order valence-electron chi connectivity index (χ4n) is 3.85. The van der Waals surface area contributed by atoms with E-state index in [4.69, 9.17) is 16.3 Å². The second-order valence-electron chi connectivity index (χ2n) is 7.60. The quantitative estimate of drug-likeness (QED) is 0.533. The van der Waals surface area contributed by atoms with Gasteiger partial charge in [0.15, 0.2) is 0 Å². The van der Waals surface area contributed by atoms with E-state index in [1.165, 1.54) is 0 Å². The topological polar surface area (TPSA) is 78.5 Å². The number of phenolic OH excluding ortho intramolecular Hbond substituents is 1. The Kier molecular flexibility index (Phi) is 5.79. The number of ether oxygens (including phenoxy) is 1. The molecule has 0 radical (unpaired) electrons. The molecule has 0 aliphatic carbocycles. The number of aromatic hydroxyl groups is 1. The minimum Gasteiger partial charge on any atom is -0.507 e. The number of nitrogens with zero attached hydrogens (tertiary/aromatic N) is 2. The lowest BCUT2D eigenvalue weighted by molar-refractivity contribution is 0.0601. The van der Waals surface area contributed by atoms with E-state index in [0.29, 0.717) is 35.1 Å². The van der Waals surface area contributed by atoms with Crippen molar-refractivity contribution in [2.24, 2.45) is 0 Å². The molecule has 0 spiro atoms. The van der Waals surface area contributed by atoms with Crippen LogP contribution in [-0.4, -0.2) is 45.4 Å². The van der Waals surface area contributed by atoms with Crippen molar-refractivity contribution < 1.29 is 14.6 Å². The number of rotatable bonds is 7. The predicted octanol–water partition coefficient (Wildman–Crippen LogP) is 4.80. The smallest absolute Gasteiger partial charge is 0.273 e. The van der Waals surface area contributed by atoms with E-state index < -0.39 is 0 Å². The van der Waals surface area contributed by atoms with Gasteiger partial charge in [-0.1, -0.05) is 35.9 Å². The zero-order chi connectivity index (χ0) is 21.3. The Labute approximate surface area is 180 Å². The number of halogens is 1. The Morgan fingerprint density at radius 1 is 1.20 bits per heavy atom. The first kappa shape index (κ1) is 20.4.